The van der Waals surface area contributed by atoms with E-state index in [0.717, 1.165) is 77.0 Å². The predicted molar refractivity (Wildman–Crippen MR) is 364 cm³/mol. The number of ketones is 3. The number of ether oxygens (including phenoxy) is 4. The molecule has 8 aliphatic rings. The largest absolute Gasteiger partial charge is 0.383 e. The molecular formula is C73H112N12O14. The highest BCUT2D eigenvalue weighted by Crippen LogP contribution is 2.71. The number of nitrogens with zero attached hydrogens (tertiary/aromatic N) is 10. The first-order valence-corrected chi connectivity index (χ1v) is 36.6. The van der Waals surface area contributed by atoms with Gasteiger partial charge in [0.25, 0.3) is 0 Å². The van der Waals surface area contributed by atoms with Gasteiger partial charge in [0.2, 0.25) is 29.5 Å². The van der Waals surface area contributed by atoms with Crippen LogP contribution in [0.4, 0.5) is 0 Å². The van der Waals surface area contributed by atoms with Gasteiger partial charge in [-0.05, 0) is 174 Å². The number of carbonyl (C=O) groups is 8. The Bertz CT molecular complexity index is 3320. The van der Waals surface area contributed by atoms with E-state index in [0.29, 0.717) is 92.6 Å². The molecule has 6 saturated carbocycles. The Balaban J connectivity index is 0.772. The van der Waals surface area contributed by atoms with Crippen LogP contribution >= 0.6 is 0 Å². The van der Waals surface area contributed by atoms with Gasteiger partial charge in [-0.15, -0.1) is 10.2 Å². The predicted octanol–water partition coefficient (Wildman–Crippen LogP) is 4.73. The van der Waals surface area contributed by atoms with E-state index in [2.05, 4.69) is 53.6 Å². The summed E-state index contributed by atoms with van der Waals surface area (Å²) < 4.78 is 24.8. The lowest BCUT2D eigenvalue weighted by Crippen LogP contribution is -2.53. The minimum absolute atomic E-state index is 0.00744. The lowest BCUT2D eigenvalue weighted by molar-refractivity contribution is -0.145. The van der Waals surface area contributed by atoms with E-state index in [9.17, 15) is 48.6 Å². The number of Topliss-reactive ketones (excluding diaryl/α,β-unsaturated/α-hetero) is 1. The minimum Gasteiger partial charge on any atom is -0.383 e. The second-order valence-corrected chi connectivity index (χ2v) is 31.1. The summed E-state index contributed by atoms with van der Waals surface area (Å²) in [5.41, 5.74) is 6.12. The Labute approximate surface area is 583 Å². The van der Waals surface area contributed by atoms with E-state index in [-0.39, 0.29) is 125 Å². The summed E-state index contributed by atoms with van der Waals surface area (Å²) in [7, 11) is 5.89. The minimum atomic E-state index is -1.22. The van der Waals surface area contributed by atoms with Crippen LogP contribution in [0.2, 0.25) is 0 Å². The summed E-state index contributed by atoms with van der Waals surface area (Å²) in [5.74, 6) is -1.21. The van der Waals surface area contributed by atoms with Crippen molar-refractivity contribution in [2.45, 2.75) is 180 Å². The standard InChI is InChI=1S/C73H112N12O14/c1-68-22-16-52(86)40-50(68)12-14-54-56(68)18-24-70(3)58(54)20-26-72(70,94)61-44-84(78-76-61)29-9-11-49(39-64(90)82(33-37-98-7)47-67(93)81(32-36-97-6)46-63(74)89)60(88)43-80(31-35-96-5)66(92)48-83(34-38-99-8)65(91)42-75-28-10-30-85-45-62(77-79-85)73(95)27-21-59-55-15-13-51-41-53(87)17-23-69(51,2)57(55)19-25-71(59,73)4/h40-41,44-45,49,54-59,75,94-95H,9-39,42-43,46-48H2,1-8H3,(H2,74,89)/t49?,54?,55?,56?,57?,58?,59?,68-,69-,70-,71-,72+,73+/m0/s1. The van der Waals surface area contributed by atoms with Gasteiger partial charge in [-0.25, -0.2) is 0 Å². The third kappa shape index (κ3) is 15.6. The molecule has 6 fully saturated rings. The van der Waals surface area contributed by atoms with Crippen LogP contribution < -0.4 is 11.1 Å². The molecule has 2 aromatic rings. The number of hydrogen-bond donors (Lipinski definition) is 4. The van der Waals surface area contributed by atoms with E-state index >= 15 is 0 Å². The van der Waals surface area contributed by atoms with Gasteiger partial charge in [-0.2, -0.15) is 0 Å². The highest BCUT2D eigenvalue weighted by atomic mass is 16.5. The fourth-order valence-electron chi connectivity index (χ4n) is 20.1. The third-order valence-corrected chi connectivity index (χ3v) is 26.0. The molecule has 13 atom stereocenters. The van der Waals surface area contributed by atoms with E-state index in [1.54, 1.807) is 15.6 Å². The van der Waals surface area contributed by atoms with Gasteiger partial charge in [0.15, 0.2) is 17.3 Å². The van der Waals surface area contributed by atoms with Gasteiger partial charge in [-0.3, -0.25) is 47.7 Å². The molecule has 2 aromatic heterocycles. The number of primary amides is 1. The summed E-state index contributed by atoms with van der Waals surface area (Å²) in [5, 5.41) is 46.9. The van der Waals surface area contributed by atoms with Crippen LogP contribution in [0.15, 0.2) is 35.7 Å². The molecule has 5 amide bonds. The SMILES string of the molecule is COCCN(CC(N)=O)C(=O)CN(CCOC)C(=O)CC(CCCn1cc([C@]2(O)CCC3C4CCC5=CC(=O)CC[C@]5(C)C4CC[C@@]32C)nn1)C(=O)CN(CCOC)C(=O)CN(CCOC)C(=O)CNCCCn1cc([C@]2(O)CCC3C4CCC5=CC(=O)CC[C@]5(C)C4CC[C@@]32C)nn1. The molecule has 0 aromatic carbocycles. The topological polar surface area (TPSA) is 326 Å². The van der Waals surface area contributed by atoms with Gasteiger partial charge in [0, 0.05) is 104 Å². The zero-order valence-corrected chi connectivity index (χ0v) is 60.1. The van der Waals surface area contributed by atoms with Gasteiger partial charge in [0.1, 0.15) is 22.6 Å². The van der Waals surface area contributed by atoms with Crippen molar-refractivity contribution in [3.8, 4) is 0 Å². The maximum absolute atomic E-state index is 15.0. The molecule has 26 heteroatoms. The van der Waals surface area contributed by atoms with Crippen molar-refractivity contribution < 1.29 is 67.5 Å². The summed E-state index contributed by atoms with van der Waals surface area (Å²) in [4.78, 5) is 114. The number of methoxy groups -OCH3 is 4. The van der Waals surface area contributed by atoms with Crippen LogP contribution in [0.3, 0.4) is 0 Å². The molecule has 0 aliphatic heterocycles. The molecular weight excluding hydrogens is 1270 g/mol. The molecule has 8 aliphatic carbocycles. The molecule has 0 bridgehead atoms. The number of nitrogens with two attached hydrogens (primary N) is 1. The highest BCUT2D eigenvalue weighted by molar-refractivity contribution is 5.94. The van der Waals surface area contributed by atoms with Crippen LogP contribution in [0.25, 0.3) is 0 Å². The second kappa shape index (κ2) is 32.0. The maximum atomic E-state index is 15.0. The lowest BCUT2D eigenvalue weighted by Gasteiger charge is -2.59. The molecule has 26 nitrogen and oxygen atoms in total. The molecule has 2 heterocycles. The number of fused-ring (bicyclic) bond motifs is 10. The number of nitrogens with one attached hydrogen (secondary N) is 1. The molecule has 5 N–H and O–H groups in total. The van der Waals surface area contributed by atoms with Crippen molar-refractivity contribution >= 4 is 46.9 Å². The fourth-order valence-corrected chi connectivity index (χ4v) is 20.1. The molecule has 7 unspecified atom stereocenters. The van der Waals surface area contributed by atoms with Crippen molar-refractivity contribution in [1.82, 2.24) is 54.9 Å². The zero-order chi connectivity index (χ0) is 71.1. The van der Waals surface area contributed by atoms with Crippen molar-refractivity contribution in [3.05, 3.63) is 47.1 Å². The van der Waals surface area contributed by atoms with Crippen LogP contribution in [0.1, 0.15) is 167 Å². The van der Waals surface area contributed by atoms with E-state index in [1.807, 2.05) is 18.3 Å². The summed E-state index contributed by atoms with van der Waals surface area (Å²) in [6.45, 7) is 9.09. The summed E-state index contributed by atoms with van der Waals surface area (Å²) in [6, 6.07) is 0. The Morgan fingerprint density at radius 3 is 1.43 bits per heavy atom. The van der Waals surface area contributed by atoms with Crippen LogP contribution in [0, 0.1) is 63.1 Å². The fraction of sp³-hybridized carbons (Fsp3) is 0.781. The lowest BCUT2D eigenvalue weighted by atomic mass is 9.46. The normalized spacial score (nSPS) is 30.9. The molecule has 0 spiro atoms. The highest BCUT2D eigenvalue weighted by Gasteiger charge is 2.67. The van der Waals surface area contributed by atoms with E-state index in [1.165, 1.54) is 59.2 Å². The Morgan fingerprint density at radius 2 is 0.980 bits per heavy atom. The van der Waals surface area contributed by atoms with Crippen LogP contribution in [-0.2, 0) is 81.6 Å². The number of aliphatic hydroxyl groups is 2. The number of rotatable bonds is 35. The number of aromatic nitrogens is 6. The molecule has 10 rings (SSSR count). The quantitative estimate of drug-likeness (QED) is 0.0678. The molecule has 99 heavy (non-hydrogen) atoms. The van der Waals surface area contributed by atoms with Crippen LogP contribution in [-0.4, -0.2) is 227 Å². The monoisotopic (exact) mass is 1380 g/mol. The first kappa shape index (κ1) is 75.5. The van der Waals surface area contributed by atoms with Gasteiger partial charge < -0.3 is 59.8 Å². The number of carbonyl (C=O) groups excluding carboxylic acids is 8. The van der Waals surface area contributed by atoms with E-state index < -0.39 is 71.6 Å². The van der Waals surface area contributed by atoms with Gasteiger partial charge in [-0.1, -0.05) is 49.3 Å². The summed E-state index contributed by atoms with van der Waals surface area (Å²) in [6.07, 6.45) is 21.7. The van der Waals surface area contributed by atoms with Crippen molar-refractivity contribution in [3.63, 3.8) is 0 Å². The first-order chi connectivity index (χ1) is 47.3. The molecule has 0 radical (unpaired) electrons. The van der Waals surface area contributed by atoms with Gasteiger partial charge in [0.05, 0.1) is 71.5 Å². The van der Waals surface area contributed by atoms with Crippen LogP contribution in [0.5, 0.6) is 0 Å². The third-order valence-electron chi connectivity index (χ3n) is 26.0. The Kier molecular flexibility index (Phi) is 24.4. The average Bonchev–Trinajstić information content (AvgIpc) is 1.63. The maximum Gasteiger partial charge on any atom is 0.242 e. The molecule has 548 valence electrons. The van der Waals surface area contributed by atoms with Crippen molar-refractivity contribution in [2.24, 2.45) is 68.8 Å². The van der Waals surface area contributed by atoms with E-state index in [4.69, 9.17) is 24.7 Å². The smallest absolute Gasteiger partial charge is 0.242 e. The Hall–Kier alpha value is -6.16. The first-order valence-electron chi connectivity index (χ1n) is 36.6. The number of hydrogen-bond acceptors (Lipinski definition) is 19. The number of aryl methyl sites for hydroxylation is 2. The zero-order valence-electron chi connectivity index (χ0n) is 60.1. The van der Waals surface area contributed by atoms with Crippen molar-refractivity contribution in [2.75, 3.05) is 120 Å². The second-order valence-electron chi connectivity index (χ2n) is 31.1. The summed E-state index contributed by atoms with van der Waals surface area (Å²) >= 11 is 0. The number of allylic oxidation sites excluding steroid dienone is 2. The Morgan fingerprint density at radius 1 is 0.556 bits per heavy atom. The van der Waals surface area contributed by atoms with Gasteiger partial charge >= 0.3 is 0 Å². The average molecular weight is 1380 g/mol. The number of amides is 5. The van der Waals surface area contributed by atoms with Crippen molar-refractivity contribution in [1.29, 1.82) is 0 Å². The molecule has 0 saturated heterocycles.